The average Bonchev–Trinajstić information content (AvgIpc) is 3.32. The summed E-state index contributed by atoms with van der Waals surface area (Å²) in [6.07, 6.45) is 1.43. The fourth-order valence-electron chi connectivity index (χ4n) is 3.41. The number of furan rings is 1. The van der Waals surface area contributed by atoms with Crippen molar-refractivity contribution in [2.24, 2.45) is 5.10 Å². The van der Waals surface area contributed by atoms with Gasteiger partial charge in [0.1, 0.15) is 12.2 Å². The molecule has 12 nitrogen and oxygen atoms in total. The number of nitrogens with one attached hydrogen (secondary N) is 1. The molecule has 4 aromatic rings. The molecule has 0 saturated heterocycles. The Morgan fingerprint density at radius 1 is 1.03 bits per heavy atom. The molecule has 0 bridgehead atoms. The van der Waals surface area contributed by atoms with Crippen LogP contribution in [-0.4, -0.2) is 28.6 Å². The van der Waals surface area contributed by atoms with Crippen LogP contribution < -0.4 is 14.9 Å². The summed E-state index contributed by atoms with van der Waals surface area (Å²) in [7, 11) is 0. The number of amides is 1. The fourth-order valence-corrected chi connectivity index (χ4v) is 4.19. The topological polar surface area (TPSA) is 159 Å². The molecule has 0 aliphatic heterocycles. The predicted octanol–water partition coefficient (Wildman–Crippen LogP) is 5.60. The SMILES string of the molecule is CCOc1cc(/C=N\NC(=O)c2cc3cc([N+](=O)[O-])ccc3o2)cc(I)c1OCc1ccc([N+](=O)[O-])cc1. The molecule has 13 heteroatoms. The Balaban J connectivity index is 1.45. The predicted molar refractivity (Wildman–Crippen MR) is 146 cm³/mol. The molecule has 4 rings (SSSR count). The van der Waals surface area contributed by atoms with E-state index in [9.17, 15) is 25.0 Å². The van der Waals surface area contributed by atoms with Gasteiger partial charge in [-0.3, -0.25) is 25.0 Å². The van der Waals surface area contributed by atoms with Crippen LogP contribution in [0, 0.1) is 23.8 Å². The summed E-state index contributed by atoms with van der Waals surface area (Å²) in [5.41, 5.74) is 3.98. The summed E-state index contributed by atoms with van der Waals surface area (Å²) in [5.74, 6) is 0.302. The zero-order valence-corrected chi connectivity index (χ0v) is 21.9. The van der Waals surface area contributed by atoms with E-state index < -0.39 is 15.8 Å². The Morgan fingerprint density at radius 3 is 2.42 bits per heavy atom. The summed E-state index contributed by atoms with van der Waals surface area (Å²) in [6, 6.07) is 15.0. The van der Waals surface area contributed by atoms with E-state index in [1.807, 2.05) is 6.92 Å². The molecule has 1 amide bonds. The van der Waals surface area contributed by atoms with Crippen molar-refractivity contribution < 1.29 is 28.5 Å². The third-order valence-corrected chi connectivity index (χ3v) is 5.98. The fraction of sp³-hybridized carbons (Fsp3) is 0.120. The van der Waals surface area contributed by atoms with Gasteiger partial charge in [-0.15, -0.1) is 0 Å². The highest BCUT2D eigenvalue weighted by atomic mass is 127. The van der Waals surface area contributed by atoms with Crippen LogP contribution in [0.4, 0.5) is 11.4 Å². The first-order valence-corrected chi connectivity index (χ1v) is 12.2. The van der Waals surface area contributed by atoms with E-state index in [4.69, 9.17) is 13.9 Å². The number of rotatable bonds is 10. The lowest BCUT2D eigenvalue weighted by Crippen LogP contribution is -2.16. The molecule has 3 aromatic carbocycles. The van der Waals surface area contributed by atoms with Crippen molar-refractivity contribution in [3.05, 3.63) is 101 Å². The molecule has 0 atom stereocenters. The summed E-state index contributed by atoms with van der Waals surface area (Å²) in [6.45, 7) is 2.39. The first-order valence-electron chi connectivity index (χ1n) is 11.1. The molecule has 0 saturated carbocycles. The Kier molecular flexibility index (Phi) is 8.15. The van der Waals surface area contributed by atoms with Crippen molar-refractivity contribution in [3.8, 4) is 11.5 Å². The van der Waals surface area contributed by atoms with Crippen LogP contribution in [0.15, 0.2) is 70.2 Å². The first kappa shape index (κ1) is 26.5. The number of benzene rings is 3. The van der Waals surface area contributed by atoms with Crippen molar-refractivity contribution in [2.45, 2.75) is 13.5 Å². The minimum atomic E-state index is -0.622. The van der Waals surface area contributed by atoms with Crippen LogP contribution in [0.25, 0.3) is 11.0 Å². The number of ether oxygens (including phenoxy) is 2. The lowest BCUT2D eigenvalue weighted by Gasteiger charge is -2.14. The first-order chi connectivity index (χ1) is 18.2. The second kappa shape index (κ2) is 11.7. The Bertz CT molecular complexity index is 1550. The van der Waals surface area contributed by atoms with E-state index in [0.29, 0.717) is 34.6 Å². The third kappa shape index (κ3) is 6.23. The molecule has 0 unspecified atom stereocenters. The standard InChI is InChI=1S/C25H19IN4O8/c1-2-36-22-10-16(9-20(26)24(22)37-14-15-3-5-18(6-4-15)29(32)33)13-27-28-25(31)23-12-17-11-19(30(34)35)7-8-21(17)38-23/h3-13H,2,14H2,1H3,(H,28,31)/b27-13-. The lowest BCUT2D eigenvalue weighted by atomic mass is 10.2. The van der Waals surface area contributed by atoms with E-state index in [1.54, 1.807) is 24.3 Å². The molecule has 0 aliphatic carbocycles. The summed E-state index contributed by atoms with van der Waals surface area (Å²) in [5, 5.41) is 26.2. The van der Waals surface area contributed by atoms with Crippen LogP contribution in [0.5, 0.6) is 11.5 Å². The second-order valence-corrected chi connectivity index (χ2v) is 8.93. The van der Waals surface area contributed by atoms with Crippen LogP contribution >= 0.6 is 22.6 Å². The van der Waals surface area contributed by atoms with Gasteiger partial charge in [0, 0.05) is 29.7 Å². The van der Waals surface area contributed by atoms with Gasteiger partial charge in [0.05, 0.1) is 26.2 Å². The van der Waals surface area contributed by atoms with E-state index >= 15 is 0 Å². The molecule has 194 valence electrons. The molecular weight excluding hydrogens is 611 g/mol. The van der Waals surface area contributed by atoms with Gasteiger partial charge in [-0.05, 0) is 77.0 Å². The van der Waals surface area contributed by atoms with E-state index in [-0.39, 0.29) is 23.7 Å². The summed E-state index contributed by atoms with van der Waals surface area (Å²) >= 11 is 2.09. The number of nitro groups is 2. The molecule has 1 heterocycles. The third-order valence-electron chi connectivity index (χ3n) is 5.18. The zero-order valence-electron chi connectivity index (χ0n) is 19.8. The minimum absolute atomic E-state index is 0.00151. The van der Waals surface area contributed by atoms with Gasteiger partial charge in [0.25, 0.3) is 11.4 Å². The molecule has 1 N–H and O–H groups in total. The second-order valence-electron chi connectivity index (χ2n) is 7.76. The lowest BCUT2D eigenvalue weighted by molar-refractivity contribution is -0.385. The molecule has 0 aliphatic rings. The van der Waals surface area contributed by atoms with Gasteiger partial charge in [0.15, 0.2) is 17.3 Å². The monoisotopic (exact) mass is 630 g/mol. The molecule has 0 radical (unpaired) electrons. The maximum atomic E-state index is 12.5. The highest BCUT2D eigenvalue weighted by Gasteiger charge is 2.16. The number of hydrogen-bond donors (Lipinski definition) is 1. The van der Waals surface area contributed by atoms with Crippen molar-refractivity contribution in [1.29, 1.82) is 0 Å². The number of fused-ring (bicyclic) bond motifs is 1. The quantitative estimate of drug-likeness (QED) is 0.103. The smallest absolute Gasteiger partial charge is 0.307 e. The van der Waals surface area contributed by atoms with Crippen molar-refractivity contribution >= 4 is 57.1 Å². The van der Waals surface area contributed by atoms with E-state index in [1.165, 1.54) is 42.6 Å². The highest BCUT2D eigenvalue weighted by Crippen LogP contribution is 2.34. The Morgan fingerprint density at radius 2 is 1.74 bits per heavy atom. The number of carbonyl (C=O) groups excluding carboxylic acids is 1. The number of carbonyl (C=O) groups is 1. The number of hydrazone groups is 1. The van der Waals surface area contributed by atoms with Gasteiger partial charge in [0.2, 0.25) is 0 Å². The van der Waals surface area contributed by atoms with Crippen LogP contribution in [-0.2, 0) is 6.61 Å². The average molecular weight is 630 g/mol. The molecule has 1 aromatic heterocycles. The van der Waals surface area contributed by atoms with E-state index in [0.717, 1.165) is 9.13 Å². The normalized spacial score (nSPS) is 11.0. The largest absolute Gasteiger partial charge is 0.490 e. The zero-order chi connectivity index (χ0) is 27.2. The Labute approximate surface area is 228 Å². The summed E-state index contributed by atoms with van der Waals surface area (Å²) < 4.78 is 17.8. The van der Waals surface area contributed by atoms with Gasteiger partial charge in [-0.1, -0.05) is 0 Å². The van der Waals surface area contributed by atoms with Crippen LogP contribution in [0.2, 0.25) is 0 Å². The number of halogens is 1. The molecule has 0 spiro atoms. The van der Waals surface area contributed by atoms with Crippen molar-refractivity contribution in [2.75, 3.05) is 6.61 Å². The summed E-state index contributed by atoms with van der Waals surface area (Å²) in [4.78, 5) is 33.2. The van der Waals surface area contributed by atoms with Crippen LogP contribution in [0.3, 0.4) is 0 Å². The van der Waals surface area contributed by atoms with Gasteiger partial charge in [-0.25, -0.2) is 5.43 Å². The van der Waals surface area contributed by atoms with Gasteiger partial charge >= 0.3 is 5.91 Å². The molecular formula is C25H19IN4O8. The van der Waals surface area contributed by atoms with E-state index in [2.05, 4.69) is 33.1 Å². The van der Waals surface area contributed by atoms with Gasteiger partial charge in [-0.2, -0.15) is 5.10 Å². The maximum absolute atomic E-state index is 12.5. The molecule has 0 fully saturated rings. The number of nitro benzene ring substituents is 2. The van der Waals surface area contributed by atoms with Crippen LogP contribution in [0.1, 0.15) is 28.6 Å². The maximum Gasteiger partial charge on any atom is 0.307 e. The highest BCUT2D eigenvalue weighted by molar-refractivity contribution is 14.1. The Hall–Kier alpha value is -4.53. The van der Waals surface area contributed by atoms with Crippen molar-refractivity contribution in [1.82, 2.24) is 5.43 Å². The van der Waals surface area contributed by atoms with Crippen molar-refractivity contribution in [3.63, 3.8) is 0 Å². The van der Waals surface area contributed by atoms with Gasteiger partial charge < -0.3 is 13.9 Å². The number of non-ortho nitro benzene ring substituents is 2. The number of nitrogens with zero attached hydrogens (tertiary/aromatic N) is 3. The number of hydrogen-bond acceptors (Lipinski definition) is 9. The minimum Gasteiger partial charge on any atom is -0.490 e. The molecule has 38 heavy (non-hydrogen) atoms.